The smallest absolute Gasteiger partial charge is 0.136 e. The molecule has 0 aliphatic carbocycles. The zero-order valence-electron chi connectivity index (χ0n) is 43.4. The van der Waals surface area contributed by atoms with E-state index in [0.29, 0.717) is 0 Å². The highest BCUT2D eigenvalue weighted by atomic mass is 16.3. The standard InChI is InChI=1S/C38H24O/c1-3-12-25(13-4-1)27-22-23-32-35(24-27)39-34-21-11-20-33(38(32)34)37-30-18-9-7-16-28(30)36(26-14-5-2-6-15-26)29-17-8-10-19-31(29)37/h1-24H/i1D,2D,3D,4D,5D,6D,7D,8D,9D,10D,11D,12D,13D,14D,15D,16D,17D,18D,19D,20D,21D,22D,23D,24D. The maximum Gasteiger partial charge on any atom is 0.136 e. The minimum absolute atomic E-state index is 0.520. The van der Waals surface area contributed by atoms with Gasteiger partial charge in [-0.15, -0.1) is 0 Å². The molecule has 8 aromatic rings. The largest absolute Gasteiger partial charge is 0.456 e. The second kappa shape index (κ2) is 8.72. The summed E-state index contributed by atoms with van der Waals surface area (Å²) in [6, 6.07) is -21.3. The lowest BCUT2D eigenvalue weighted by Gasteiger charge is -2.18. The summed E-state index contributed by atoms with van der Waals surface area (Å²) in [6.45, 7) is 0. The lowest BCUT2D eigenvalue weighted by molar-refractivity contribution is 0.669. The van der Waals surface area contributed by atoms with Crippen LogP contribution in [0.1, 0.15) is 32.9 Å². The van der Waals surface area contributed by atoms with E-state index in [-0.39, 0.29) is 0 Å². The molecule has 1 heterocycles. The van der Waals surface area contributed by atoms with Crippen molar-refractivity contribution in [2.45, 2.75) is 0 Å². The fourth-order valence-corrected chi connectivity index (χ4v) is 4.64. The van der Waals surface area contributed by atoms with E-state index in [1.54, 1.807) is 0 Å². The van der Waals surface area contributed by atoms with Crippen molar-refractivity contribution in [3.63, 3.8) is 0 Å². The Balaban J connectivity index is 1.74. The van der Waals surface area contributed by atoms with Gasteiger partial charge < -0.3 is 4.42 Å². The van der Waals surface area contributed by atoms with Crippen molar-refractivity contribution in [2.24, 2.45) is 0 Å². The van der Waals surface area contributed by atoms with Crippen LogP contribution in [0.3, 0.4) is 0 Å². The fourth-order valence-electron chi connectivity index (χ4n) is 4.64. The SMILES string of the molecule is [2H]c1c([2H])c([2H])c(-c2c([2H])c([2H])c3c(oc4c([2H])c([2H])c([2H])c(-c5c6c([2H])c([2H])c([2H])c([2H])c6c(-c6c([2H])c([2H])c([2H])c([2H])c6[2H])c6c([2H])c([2H])c([2H])c([2H])c56)c43)c2[2H])c([2H])c1[2H]. The maximum atomic E-state index is 9.38. The molecule has 1 aromatic heterocycles. The second-order valence-corrected chi connectivity index (χ2v) is 8.26. The topological polar surface area (TPSA) is 13.1 Å². The van der Waals surface area contributed by atoms with Gasteiger partial charge in [0.2, 0.25) is 0 Å². The van der Waals surface area contributed by atoms with Gasteiger partial charge >= 0.3 is 0 Å². The molecule has 0 N–H and O–H groups in total. The average Bonchev–Trinajstić information content (AvgIpc) is 3.66. The number of hydrogen-bond acceptors (Lipinski definition) is 1. The molecule has 0 fully saturated rings. The highest BCUT2D eigenvalue weighted by Crippen LogP contribution is 2.46. The van der Waals surface area contributed by atoms with Crippen LogP contribution in [-0.2, 0) is 0 Å². The minimum atomic E-state index is -0.935. The van der Waals surface area contributed by atoms with Crippen molar-refractivity contribution in [3.05, 3.63) is 145 Å². The molecule has 1 heteroatoms. The van der Waals surface area contributed by atoms with E-state index in [0.717, 1.165) is 0 Å². The molecule has 0 saturated carbocycles. The first kappa shape index (κ1) is 8.69. The molecule has 0 radical (unpaired) electrons. The molecule has 0 atom stereocenters. The summed E-state index contributed by atoms with van der Waals surface area (Å²) in [5, 5.41) is -3.65. The number of furan rings is 1. The molecule has 0 spiro atoms. The molecule has 0 unspecified atom stereocenters. The van der Waals surface area contributed by atoms with E-state index in [9.17, 15) is 9.60 Å². The molecule has 1 nitrogen and oxygen atoms in total. The van der Waals surface area contributed by atoms with Gasteiger partial charge in [-0.3, -0.25) is 0 Å². The van der Waals surface area contributed by atoms with E-state index >= 15 is 0 Å². The van der Waals surface area contributed by atoms with Gasteiger partial charge in [-0.05, 0) is 73.1 Å². The second-order valence-electron chi connectivity index (χ2n) is 8.26. The zero-order chi connectivity index (χ0) is 46.6. The summed E-state index contributed by atoms with van der Waals surface area (Å²) >= 11 is 0. The molecular weight excluding hydrogens is 472 g/mol. The Morgan fingerprint density at radius 1 is 0.385 bits per heavy atom. The molecule has 39 heavy (non-hydrogen) atoms. The normalized spacial score (nSPS) is 20.2. The molecule has 8 rings (SSSR count). The zero-order valence-corrected chi connectivity index (χ0v) is 19.4. The molecule has 182 valence electrons. The van der Waals surface area contributed by atoms with Crippen LogP contribution in [0, 0.1) is 0 Å². The van der Waals surface area contributed by atoms with E-state index in [1.807, 2.05) is 0 Å². The predicted molar refractivity (Wildman–Crippen MR) is 165 cm³/mol. The number of benzene rings is 7. The summed E-state index contributed by atoms with van der Waals surface area (Å²) in [7, 11) is 0. The predicted octanol–water partition coefficient (Wildman–Crippen LogP) is 10.9. The quantitative estimate of drug-likeness (QED) is 0.211. The van der Waals surface area contributed by atoms with Crippen LogP contribution < -0.4 is 0 Å². The number of fused-ring (bicyclic) bond motifs is 5. The Bertz CT molecular complexity index is 3360. The fraction of sp³-hybridized carbons (Fsp3) is 0. The average molecular weight is 521 g/mol. The lowest BCUT2D eigenvalue weighted by atomic mass is 9.85. The van der Waals surface area contributed by atoms with E-state index in [1.165, 1.54) is 0 Å². The molecule has 0 amide bonds. The number of hydrogen-bond donors (Lipinski definition) is 0. The number of rotatable bonds is 3. The molecule has 0 aliphatic rings. The Kier molecular flexibility index (Phi) is 1.94. The molecule has 0 bridgehead atoms. The first-order chi connectivity index (χ1) is 29.3. The van der Waals surface area contributed by atoms with Gasteiger partial charge in [0.25, 0.3) is 0 Å². The first-order valence-electron chi connectivity index (χ1n) is 23.4. The first-order valence-corrected chi connectivity index (χ1v) is 11.4. The van der Waals surface area contributed by atoms with Crippen molar-refractivity contribution in [3.8, 4) is 33.4 Å². The monoisotopic (exact) mass is 520 g/mol. The van der Waals surface area contributed by atoms with Crippen LogP contribution in [0.5, 0.6) is 0 Å². The highest BCUT2D eigenvalue weighted by Gasteiger charge is 2.20. The van der Waals surface area contributed by atoms with Crippen LogP contribution >= 0.6 is 0 Å². The van der Waals surface area contributed by atoms with Crippen molar-refractivity contribution in [1.29, 1.82) is 0 Å². The van der Waals surface area contributed by atoms with Gasteiger partial charge in [0.15, 0.2) is 0 Å². The summed E-state index contributed by atoms with van der Waals surface area (Å²) in [5.74, 6) is 0. The third kappa shape index (κ3) is 3.41. The van der Waals surface area contributed by atoms with Gasteiger partial charge in [0.1, 0.15) is 11.2 Å². The third-order valence-corrected chi connectivity index (χ3v) is 6.20. The molecule has 0 aliphatic heterocycles. The van der Waals surface area contributed by atoms with Gasteiger partial charge in [-0.2, -0.15) is 0 Å². The Morgan fingerprint density at radius 3 is 1.59 bits per heavy atom. The minimum Gasteiger partial charge on any atom is -0.456 e. The maximum absolute atomic E-state index is 9.38. The molecule has 0 saturated heterocycles. The van der Waals surface area contributed by atoms with Gasteiger partial charge in [-0.25, -0.2) is 0 Å². The third-order valence-electron chi connectivity index (χ3n) is 6.20. The summed E-state index contributed by atoms with van der Waals surface area (Å²) in [4.78, 5) is 0. The van der Waals surface area contributed by atoms with E-state index < -0.39 is 222 Å². The van der Waals surface area contributed by atoms with Crippen LogP contribution in [0.15, 0.2) is 149 Å². The highest BCUT2D eigenvalue weighted by molar-refractivity contribution is 6.25. The lowest BCUT2D eigenvalue weighted by Crippen LogP contribution is -1.91. The van der Waals surface area contributed by atoms with E-state index in [4.69, 9.17) is 27.7 Å². The van der Waals surface area contributed by atoms with Crippen LogP contribution in [0.4, 0.5) is 0 Å². The van der Waals surface area contributed by atoms with Crippen molar-refractivity contribution < 1.29 is 37.3 Å². The van der Waals surface area contributed by atoms with Crippen LogP contribution in [0.25, 0.3) is 76.9 Å². The van der Waals surface area contributed by atoms with Crippen LogP contribution in [0.2, 0.25) is 0 Å². The summed E-state index contributed by atoms with van der Waals surface area (Å²) in [5.41, 5.74) is -5.23. The van der Waals surface area contributed by atoms with Crippen molar-refractivity contribution >= 4 is 43.5 Å². The van der Waals surface area contributed by atoms with E-state index in [2.05, 4.69) is 0 Å². The molecular formula is C38H24O. The summed E-state index contributed by atoms with van der Waals surface area (Å²) < 4.78 is 217. The molecule has 7 aromatic carbocycles. The Morgan fingerprint density at radius 2 is 0.949 bits per heavy atom. The van der Waals surface area contributed by atoms with Crippen molar-refractivity contribution in [2.75, 3.05) is 0 Å². The van der Waals surface area contributed by atoms with Crippen molar-refractivity contribution in [1.82, 2.24) is 0 Å². The Labute approximate surface area is 260 Å². The Hall–Kier alpha value is -5.14. The van der Waals surface area contributed by atoms with Gasteiger partial charge in [-0.1, -0.05) is 127 Å². The van der Waals surface area contributed by atoms with Gasteiger partial charge in [0, 0.05) is 10.8 Å². The summed E-state index contributed by atoms with van der Waals surface area (Å²) in [6.07, 6.45) is 0. The van der Waals surface area contributed by atoms with Gasteiger partial charge in [0.05, 0.1) is 32.9 Å². The van der Waals surface area contributed by atoms with Crippen LogP contribution in [-0.4, -0.2) is 0 Å².